The van der Waals surface area contributed by atoms with Crippen molar-refractivity contribution in [1.29, 1.82) is 0 Å². The van der Waals surface area contributed by atoms with E-state index in [2.05, 4.69) is 20.0 Å². The normalized spacial score (nSPS) is 17.6. The second kappa shape index (κ2) is 6.87. The predicted molar refractivity (Wildman–Crippen MR) is 99.5 cm³/mol. The number of aromatic nitrogens is 1. The average molecular weight is 372 g/mol. The molecule has 7 nitrogen and oxygen atoms in total. The second-order valence-electron chi connectivity index (χ2n) is 6.42. The summed E-state index contributed by atoms with van der Waals surface area (Å²) in [5, 5.41) is 2.75. The van der Waals surface area contributed by atoms with E-state index in [1.807, 2.05) is 26.8 Å². The highest BCUT2D eigenvalue weighted by Crippen LogP contribution is 2.23. The Morgan fingerprint density at radius 1 is 1.15 bits per heavy atom. The molecule has 0 fully saturated rings. The molecule has 0 unspecified atom stereocenters. The minimum absolute atomic E-state index is 0.135. The number of amidine groups is 1. The molecule has 1 aromatic carbocycles. The van der Waals surface area contributed by atoms with Crippen molar-refractivity contribution in [1.82, 2.24) is 9.71 Å². The largest absolute Gasteiger partial charge is 0.309 e. The van der Waals surface area contributed by atoms with Crippen LogP contribution in [0.2, 0.25) is 0 Å². The summed E-state index contributed by atoms with van der Waals surface area (Å²) in [7, 11) is -3.64. The molecular formula is C18H20N4O3S. The third-order valence-electron chi connectivity index (χ3n) is 3.97. The molecule has 1 atom stereocenters. The molecule has 8 heteroatoms. The van der Waals surface area contributed by atoms with Crippen LogP contribution in [0, 0.1) is 12.8 Å². The molecule has 0 saturated carbocycles. The Bertz CT molecular complexity index is 983. The lowest BCUT2D eigenvalue weighted by atomic mass is 10.0. The van der Waals surface area contributed by atoms with E-state index < -0.39 is 16.1 Å². The van der Waals surface area contributed by atoms with Gasteiger partial charge in [0.15, 0.2) is 0 Å². The van der Waals surface area contributed by atoms with Gasteiger partial charge in [0.25, 0.3) is 15.9 Å². The number of aryl methyl sites for hydroxylation is 1. The van der Waals surface area contributed by atoms with Crippen molar-refractivity contribution in [3.63, 3.8) is 0 Å². The van der Waals surface area contributed by atoms with Crippen molar-refractivity contribution >= 4 is 27.6 Å². The summed E-state index contributed by atoms with van der Waals surface area (Å²) in [5.41, 5.74) is 1.26. The van der Waals surface area contributed by atoms with Crippen molar-refractivity contribution in [3.05, 3.63) is 53.7 Å². The molecule has 1 amide bonds. The van der Waals surface area contributed by atoms with Crippen LogP contribution in [-0.4, -0.2) is 31.2 Å². The summed E-state index contributed by atoms with van der Waals surface area (Å²) >= 11 is 0. The zero-order valence-corrected chi connectivity index (χ0v) is 15.5. The van der Waals surface area contributed by atoms with Crippen molar-refractivity contribution < 1.29 is 13.2 Å². The van der Waals surface area contributed by atoms with Gasteiger partial charge >= 0.3 is 0 Å². The molecular weight excluding hydrogens is 352 g/mol. The van der Waals surface area contributed by atoms with Gasteiger partial charge in [-0.1, -0.05) is 32.0 Å². The smallest absolute Gasteiger partial charge is 0.263 e. The monoisotopic (exact) mass is 372 g/mol. The van der Waals surface area contributed by atoms with Gasteiger partial charge in [0.05, 0.1) is 4.90 Å². The maximum atomic E-state index is 12.7. The van der Waals surface area contributed by atoms with Gasteiger partial charge in [0.2, 0.25) is 0 Å². The summed E-state index contributed by atoms with van der Waals surface area (Å²) in [6, 6.07) is 11.1. The van der Waals surface area contributed by atoms with Crippen LogP contribution in [0.5, 0.6) is 0 Å². The van der Waals surface area contributed by atoms with Crippen molar-refractivity contribution in [2.45, 2.75) is 31.7 Å². The molecule has 0 saturated heterocycles. The number of benzene rings is 1. The highest BCUT2D eigenvalue weighted by molar-refractivity contribution is 7.90. The van der Waals surface area contributed by atoms with E-state index >= 15 is 0 Å². The predicted octanol–water partition coefficient (Wildman–Crippen LogP) is 2.09. The number of carbonyl (C=O) groups is 1. The highest BCUT2D eigenvalue weighted by atomic mass is 32.2. The first-order valence-electron chi connectivity index (χ1n) is 8.22. The number of rotatable bonds is 4. The van der Waals surface area contributed by atoms with Crippen molar-refractivity contribution in [2.24, 2.45) is 10.9 Å². The quantitative estimate of drug-likeness (QED) is 0.858. The number of sulfonamides is 1. The molecule has 26 heavy (non-hydrogen) atoms. The summed E-state index contributed by atoms with van der Waals surface area (Å²) in [6.07, 6.45) is 0. The van der Waals surface area contributed by atoms with Crippen LogP contribution in [0.4, 0.5) is 5.82 Å². The molecule has 0 bridgehead atoms. The molecule has 1 aromatic heterocycles. The second-order valence-corrected chi connectivity index (χ2v) is 8.07. The molecule has 2 heterocycles. The third-order valence-corrected chi connectivity index (χ3v) is 5.37. The van der Waals surface area contributed by atoms with Crippen LogP contribution >= 0.6 is 0 Å². The van der Waals surface area contributed by atoms with Gasteiger partial charge < -0.3 is 5.32 Å². The van der Waals surface area contributed by atoms with Gasteiger partial charge in [-0.15, -0.1) is 0 Å². The number of pyridine rings is 1. The number of hydrogen-bond donors (Lipinski definition) is 2. The van der Waals surface area contributed by atoms with Crippen LogP contribution in [0.25, 0.3) is 0 Å². The minimum atomic E-state index is -3.64. The van der Waals surface area contributed by atoms with Gasteiger partial charge in [-0.25, -0.2) is 13.4 Å². The fourth-order valence-electron chi connectivity index (χ4n) is 2.69. The molecule has 0 radical (unpaired) electrons. The van der Waals surface area contributed by atoms with Crippen molar-refractivity contribution in [3.8, 4) is 0 Å². The van der Waals surface area contributed by atoms with E-state index in [4.69, 9.17) is 0 Å². The number of aliphatic imine (C=N–C) groups is 1. The van der Waals surface area contributed by atoms with E-state index in [1.165, 1.54) is 6.07 Å². The Hall–Kier alpha value is -2.74. The maximum absolute atomic E-state index is 12.7. The van der Waals surface area contributed by atoms with Gasteiger partial charge in [-0.05, 0) is 37.1 Å². The molecule has 1 aliphatic heterocycles. The molecule has 136 valence electrons. The van der Waals surface area contributed by atoms with Crippen molar-refractivity contribution in [2.75, 3.05) is 5.32 Å². The zero-order valence-electron chi connectivity index (χ0n) is 14.7. The van der Waals surface area contributed by atoms with Gasteiger partial charge in [-0.3, -0.25) is 14.5 Å². The van der Waals surface area contributed by atoms with Crippen LogP contribution < -0.4 is 10.0 Å². The summed E-state index contributed by atoms with van der Waals surface area (Å²) in [5.74, 6) is 0.152. The number of carbonyl (C=O) groups excluding carboxylic acids is 1. The van der Waals surface area contributed by atoms with Crippen LogP contribution in [0.1, 0.15) is 25.1 Å². The Kier molecular flexibility index (Phi) is 4.78. The topological polar surface area (TPSA) is 101 Å². The lowest BCUT2D eigenvalue weighted by Crippen LogP contribution is -2.34. The van der Waals surface area contributed by atoms with Crippen LogP contribution in [0.15, 0.2) is 52.4 Å². The molecule has 0 aliphatic carbocycles. The summed E-state index contributed by atoms with van der Waals surface area (Å²) in [4.78, 5) is 21.5. The van der Waals surface area contributed by atoms with E-state index in [9.17, 15) is 13.2 Å². The lowest BCUT2D eigenvalue weighted by molar-refractivity contribution is -0.118. The molecule has 2 N–H and O–H groups in total. The molecule has 0 spiro atoms. The fraction of sp³-hybridized carbons (Fsp3) is 0.278. The average Bonchev–Trinajstić information content (AvgIpc) is 2.83. The Morgan fingerprint density at radius 3 is 2.58 bits per heavy atom. The van der Waals surface area contributed by atoms with E-state index in [-0.39, 0.29) is 22.6 Å². The van der Waals surface area contributed by atoms with Gasteiger partial charge in [0, 0.05) is 11.3 Å². The number of anilines is 1. The highest BCUT2D eigenvalue weighted by Gasteiger charge is 2.32. The summed E-state index contributed by atoms with van der Waals surface area (Å²) < 4.78 is 26.9. The fourth-order valence-corrected chi connectivity index (χ4v) is 3.93. The van der Waals surface area contributed by atoms with E-state index in [1.54, 1.807) is 30.3 Å². The minimum Gasteiger partial charge on any atom is -0.309 e. The van der Waals surface area contributed by atoms with Gasteiger partial charge in [0.1, 0.15) is 17.7 Å². The number of nitrogens with one attached hydrogen (secondary N) is 2. The standard InChI is InChI=1S/C18H20N4O3S/c1-11(2)16(18(23)20-15-10-6-7-12(3)19-15)21-17-13-8-4-5-9-14(13)26(24,25)22-17/h4-11,16H,1-3H3,(H,21,22)(H,19,20,23)/t16-/m1/s1. The van der Waals surface area contributed by atoms with Crippen LogP contribution in [-0.2, 0) is 14.8 Å². The van der Waals surface area contributed by atoms with Gasteiger partial charge in [-0.2, -0.15) is 0 Å². The first kappa shape index (κ1) is 18.1. The Labute approximate surface area is 152 Å². The first-order valence-corrected chi connectivity index (χ1v) is 9.71. The zero-order chi connectivity index (χ0) is 18.9. The maximum Gasteiger partial charge on any atom is 0.263 e. The first-order chi connectivity index (χ1) is 12.3. The molecule has 2 aromatic rings. The lowest BCUT2D eigenvalue weighted by Gasteiger charge is -2.17. The SMILES string of the molecule is Cc1cccc(NC(=O)[C@H](N=C2NS(=O)(=O)c3ccccc32)C(C)C)n1. The van der Waals surface area contributed by atoms with Crippen LogP contribution in [0.3, 0.4) is 0 Å². The number of hydrogen-bond acceptors (Lipinski definition) is 5. The number of fused-ring (bicyclic) bond motifs is 1. The van der Waals surface area contributed by atoms with E-state index in [0.29, 0.717) is 11.4 Å². The Morgan fingerprint density at radius 2 is 1.88 bits per heavy atom. The van der Waals surface area contributed by atoms with E-state index in [0.717, 1.165) is 5.69 Å². The number of amides is 1. The summed E-state index contributed by atoms with van der Waals surface area (Å²) in [6.45, 7) is 5.54. The third kappa shape index (κ3) is 3.60. The molecule has 3 rings (SSSR count). The number of nitrogens with zero attached hydrogens (tertiary/aromatic N) is 2. The Balaban J connectivity index is 1.92. The molecule has 1 aliphatic rings.